The van der Waals surface area contributed by atoms with E-state index in [0.717, 1.165) is 0 Å². The molecule has 3 unspecified atom stereocenters. The number of nitrogens with zero attached hydrogens (tertiary/aromatic N) is 2. The summed E-state index contributed by atoms with van der Waals surface area (Å²) >= 11 is 0. The first-order valence-corrected chi connectivity index (χ1v) is 6.45. The van der Waals surface area contributed by atoms with Crippen molar-refractivity contribution in [2.75, 3.05) is 7.05 Å². The van der Waals surface area contributed by atoms with Gasteiger partial charge in [-0.25, -0.2) is 0 Å². The van der Waals surface area contributed by atoms with Gasteiger partial charge in [0.15, 0.2) is 0 Å². The van der Waals surface area contributed by atoms with Crippen molar-refractivity contribution < 1.29 is 0 Å². The highest BCUT2D eigenvalue weighted by molar-refractivity contribution is 5.16. The lowest BCUT2D eigenvalue weighted by molar-refractivity contribution is 0.157. The van der Waals surface area contributed by atoms with Crippen molar-refractivity contribution in [1.29, 1.82) is 0 Å². The van der Waals surface area contributed by atoms with E-state index in [2.05, 4.69) is 43.8 Å². The zero-order valence-electron chi connectivity index (χ0n) is 11.4. The van der Waals surface area contributed by atoms with Gasteiger partial charge < -0.3 is 5.73 Å². The Balaban J connectivity index is 2.86. The highest BCUT2D eigenvalue weighted by Crippen LogP contribution is 2.24. The van der Waals surface area contributed by atoms with Gasteiger partial charge in [0, 0.05) is 24.5 Å². The van der Waals surface area contributed by atoms with Gasteiger partial charge in [-0.05, 0) is 38.9 Å². The van der Waals surface area contributed by atoms with Gasteiger partial charge in [0.1, 0.15) is 0 Å². The van der Waals surface area contributed by atoms with Crippen molar-refractivity contribution in [1.82, 2.24) is 9.88 Å². The van der Waals surface area contributed by atoms with Gasteiger partial charge in [-0.15, -0.1) is 0 Å². The van der Waals surface area contributed by atoms with Crippen LogP contribution in [0.15, 0.2) is 24.5 Å². The van der Waals surface area contributed by atoms with Crippen LogP contribution in [0.5, 0.6) is 0 Å². The standard InChI is InChI=1S/C14H25N3/c1-5-7-11(2)17(4)14(12(3)15)13-8-6-9-16-10-13/h6,8-12,14H,5,7,15H2,1-4H3. The highest BCUT2D eigenvalue weighted by atomic mass is 15.2. The van der Waals surface area contributed by atoms with E-state index in [1.54, 1.807) is 6.20 Å². The molecule has 17 heavy (non-hydrogen) atoms. The third-order valence-electron chi connectivity index (χ3n) is 3.36. The van der Waals surface area contributed by atoms with E-state index in [1.807, 2.05) is 12.3 Å². The van der Waals surface area contributed by atoms with Gasteiger partial charge in [0.2, 0.25) is 0 Å². The predicted molar refractivity (Wildman–Crippen MR) is 72.8 cm³/mol. The zero-order chi connectivity index (χ0) is 12.8. The topological polar surface area (TPSA) is 42.2 Å². The summed E-state index contributed by atoms with van der Waals surface area (Å²) in [6.07, 6.45) is 6.12. The summed E-state index contributed by atoms with van der Waals surface area (Å²) in [6, 6.07) is 4.96. The van der Waals surface area contributed by atoms with Crippen molar-refractivity contribution in [2.45, 2.75) is 51.7 Å². The SMILES string of the molecule is CCCC(C)N(C)C(c1cccnc1)C(C)N. The molecule has 96 valence electrons. The molecule has 0 amide bonds. The minimum atomic E-state index is 0.100. The third kappa shape index (κ3) is 3.79. The molecule has 1 rings (SSSR count). The summed E-state index contributed by atoms with van der Waals surface area (Å²) in [4.78, 5) is 6.56. The van der Waals surface area contributed by atoms with E-state index >= 15 is 0 Å². The summed E-state index contributed by atoms with van der Waals surface area (Å²) < 4.78 is 0. The fourth-order valence-electron chi connectivity index (χ4n) is 2.36. The molecule has 0 radical (unpaired) electrons. The van der Waals surface area contributed by atoms with Gasteiger partial charge >= 0.3 is 0 Å². The molecule has 0 saturated carbocycles. The van der Waals surface area contributed by atoms with Gasteiger partial charge in [0.25, 0.3) is 0 Å². The molecule has 0 aromatic carbocycles. The van der Waals surface area contributed by atoms with Crippen molar-refractivity contribution in [3.63, 3.8) is 0 Å². The van der Waals surface area contributed by atoms with Crippen LogP contribution in [0.2, 0.25) is 0 Å². The first-order valence-electron chi connectivity index (χ1n) is 6.45. The average molecular weight is 235 g/mol. The van der Waals surface area contributed by atoms with Crippen molar-refractivity contribution in [2.24, 2.45) is 5.73 Å². The second kappa shape index (κ2) is 6.72. The minimum absolute atomic E-state index is 0.100. The Kier molecular flexibility index (Phi) is 5.59. The predicted octanol–water partition coefficient (Wildman–Crippen LogP) is 2.59. The summed E-state index contributed by atoms with van der Waals surface area (Å²) in [5.41, 5.74) is 7.34. The van der Waals surface area contributed by atoms with Gasteiger partial charge in [-0.2, -0.15) is 0 Å². The molecule has 0 aliphatic rings. The molecule has 0 spiro atoms. The lowest BCUT2D eigenvalue weighted by atomic mass is 9.99. The first-order chi connectivity index (χ1) is 8.07. The van der Waals surface area contributed by atoms with Gasteiger partial charge in [0.05, 0.1) is 6.04 Å². The first kappa shape index (κ1) is 14.1. The van der Waals surface area contributed by atoms with Crippen LogP contribution in [0.1, 0.15) is 45.2 Å². The maximum Gasteiger partial charge on any atom is 0.0511 e. The molecule has 3 heteroatoms. The lowest BCUT2D eigenvalue weighted by Gasteiger charge is -2.35. The molecule has 3 atom stereocenters. The van der Waals surface area contributed by atoms with Crippen LogP contribution in [0.3, 0.4) is 0 Å². The Morgan fingerprint density at radius 1 is 1.41 bits per heavy atom. The molecular formula is C14H25N3. The molecule has 1 aromatic heterocycles. The second-order valence-electron chi connectivity index (χ2n) is 4.89. The molecule has 1 heterocycles. The Labute approximate surface area is 105 Å². The Bertz CT molecular complexity index is 311. The van der Waals surface area contributed by atoms with Crippen LogP contribution in [-0.4, -0.2) is 29.0 Å². The highest BCUT2D eigenvalue weighted by Gasteiger charge is 2.24. The number of nitrogens with two attached hydrogens (primary N) is 1. The van der Waals surface area contributed by atoms with Crippen LogP contribution in [0, 0.1) is 0 Å². The van der Waals surface area contributed by atoms with Crippen LogP contribution in [0.25, 0.3) is 0 Å². The molecule has 0 bridgehead atoms. The van der Waals surface area contributed by atoms with Crippen LogP contribution in [0.4, 0.5) is 0 Å². The normalized spacial score (nSPS) is 16.8. The number of hydrogen-bond acceptors (Lipinski definition) is 3. The Morgan fingerprint density at radius 2 is 2.12 bits per heavy atom. The fraction of sp³-hybridized carbons (Fsp3) is 0.643. The summed E-state index contributed by atoms with van der Waals surface area (Å²) in [5, 5.41) is 0. The average Bonchev–Trinajstić information content (AvgIpc) is 2.30. The lowest BCUT2D eigenvalue weighted by Crippen LogP contribution is -2.41. The summed E-state index contributed by atoms with van der Waals surface area (Å²) in [5.74, 6) is 0. The van der Waals surface area contributed by atoms with E-state index in [-0.39, 0.29) is 12.1 Å². The van der Waals surface area contributed by atoms with E-state index in [0.29, 0.717) is 6.04 Å². The van der Waals surface area contributed by atoms with E-state index in [9.17, 15) is 0 Å². The number of rotatable bonds is 6. The van der Waals surface area contributed by atoms with Crippen LogP contribution < -0.4 is 5.73 Å². The van der Waals surface area contributed by atoms with Crippen LogP contribution >= 0.6 is 0 Å². The van der Waals surface area contributed by atoms with E-state index in [4.69, 9.17) is 5.73 Å². The van der Waals surface area contributed by atoms with Gasteiger partial charge in [-0.1, -0.05) is 19.4 Å². The Hall–Kier alpha value is -0.930. The maximum absolute atomic E-state index is 6.13. The summed E-state index contributed by atoms with van der Waals surface area (Å²) in [7, 11) is 2.15. The molecular weight excluding hydrogens is 210 g/mol. The van der Waals surface area contributed by atoms with Gasteiger partial charge in [-0.3, -0.25) is 9.88 Å². The molecule has 0 aliphatic heterocycles. The quantitative estimate of drug-likeness (QED) is 0.824. The monoisotopic (exact) mass is 235 g/mol. The molecule has 0 aliphatic carbocycles. The number of likely N-dealkylation sites (N-methyl/N-ethyl adjacent to an activating group) is 1. The summed E-state index contributed by atoms with van der Waals surface area (Å²) in [6.45, 7) is 6.54. The maximum atomic E-state index is 6.13. The molecule has 3 nitrogen and oxygen atoms in total. The van der Waals surface area contributed by atoms with Crippen LogP contribution in [-0.2, 0) is 0 Å². The fourth-order valence-corrected chi connectivity index (χ4v) is 2.36. The number of aromatic nitrogens is 1. The Morgan fingerprint density at radius 3 is 2.59 bits per heavy atom. The van der Waals surface area contributed by atoms with E-state index in [1.165, 1.54) is 18.4 Å². The third-order valence-corrected chi connectivity index (χ3v) is 3.36. The molecule has 0 fully saturated rings. The van der Waals surface area contributed by atoms with Crippen molar-refractivity contribution in [3.8, 4) is 0 Å². The molecule has 1 aromatic rings. The minimum Gasteiger partial charge on any atom is -0.326 e. The number of hydrogen-bond donors (Lipinski definition) is 1. The smallest absolute Gasteiger partial charge is 0.0511 e. The van der Waals surface area contributed by atoms with E-state index < -0.39 is 0 Å². The second-order valence-corrected chi connectivity index (χ2v) is 4.89. The zero-order valence-corrected chi connectivity index (χ0v) is 11.4. The van der Waals surface area contributed by atoms with Crippen molar-refractivity contribution >= 4 is 0 Å². The number of pyridine rings is 1. The largest absolute Gasteiger partial charge is 0.326 e. The molecule has 0 saturated heterocycles. The van der Waals surface area contributed by atoms with Crippen molar-refractivity contribution in [3.05, 3.63) is 30.1 Å². The molecule has 2 N–H and O–H groups in total.